The first-order valence-corrected chi connectivity index (χ1v) is 8.27. The van der Waals surface area contributed by atoms with Crippen molar-refractivity contribution >= 4 is 17.8 Å². The maximum atomic E-state index is 12.4. The molecule has 1 aromatic rings. The van der Waals surface area contributed by atoms with Crippen molar-refractivity contribution < 1.29 is 19.1 Å². The molecule has 6 heteroatoms. The summed E-state index contributed by atoms with van der Waals surface area (Å²) >= 11 is 0. The number of carbonyl (C=O) groups excluding carboxylic acids is 3. The standard InChI is InChI=1S/C18H24N2O4/c1-3-24-18(23)15-10-7-11-20(13-15)17(22)16(21)19(2)12-14-8-5-4-6-9-14/h4-6,8-9,15H,3,7,10-13H2,1-2H3. The number of piperidine rings is 1. The van der Waals surface area contributed by atoms with E-state index in [1.54, 1.807) is 14.0 Å². The highest BCUT2D eigenvalue weighted by Crippen LogP contribution is 2.18. The monoisotopic (exact) mass is 332 g/mol. The summed E-state index contributed by atoms with van der Waals surface area (Å²) in [5.41, 5.74) is 0.962. The number of amides is 2. The molecule has 2 rings (SSSR count). The molecule has 0 spiro atoms. The minimum Gasteiger partial charge on any atom is -0.466 e. The quantitative estimate of drug-likeness (QED) is 0.618. The predicted molar refractivity (Wildman–Crippen MR) is 88.9 cm³/mol. The fraction of sp³-hybridized carbons (Fsp3) is 0.500. The van der Waals surface area contributed by atoms with Crippen LogP contribution in [0.15, 0.2) is 30.3 Å². The van der Waals surface area contributed by atoms with Crippen LogP contribution in [0.25, 0.3) is 0 Å². The Hall–Kier alpha value is -2.37. The van der Waals surface area contributed by atoms with Crippen molar-refractivity contribution in [2.24, 2.45) is 5.92 Å². The molecule has 0 aliphatic carbocycles. The van der Waals surface area contributed by atoms with Gasteiger partial charge in [0.15, 0.2) is 0 Å². The predicted octanol–water partition coefficient (Wildman–Crippen LogP) is 1.45. The van der Waals surface area contributed by atoms with Crippen molar-refractivity contribution in [3.05, 3.63) is 35.9 Å². The lowest BCUT2D eigenvalue weighted by Gasteiger charge is -2.32. The molecule has 1 aliphatic rings. The summed E-state index contributed by atoms with van der Waals surface area (Å²) in [4.78, 5) is 39.5. The van der Waals surface area contributed by atoms with E-state index in [-0.39, 0.29) is 18.4 Å². The number of likely N-dealkylation sites (tertiary alicyclic amines) is 1. The van der Waals surface area contributed by atoms with E-state index in [0.717, 1.165) is 5.56 Å². The van der Waals surface area contributed by atoms with Crippen LogP contribution in [0.3, 0.4) is 0 Å². The van der Waals surface area contributed by atoms with Gasteiger partial charge in [-0.05, 0) is 25.3 Å². The van der Waals surface area contributed by atoms with E-state index in [1.165, 1.54) is 9.80 Å². The molecule has 1 saturated heterocycles. The maximum absolute atomic E-state index is 12.4. The van der Waals surface area contributed by atoms with Gasteiger partial charge < -0.3 is 14.5 Å². The number of carbonyl (C=O) groups is 3. The molecule has 1 unspecified atom stereocenters. The molecule has 6 nitrogen and oxygen atoms in total. The lowest BCUT2D eigenvalue weighted by Crippen LogP contribution is -2.49. The van der Waals surface area contributed by atoms with E-state index in [2.05, 4.69) is 0 Å². The summed E-state index contributed by atoms with van der Waals surface area (Å²) in [6.45, 7) is 3.20. The second-order valence-corrected chi connectivity index (χ2v) is 5.99. The van der Waals surface area contributed by atoms with E-state index in [1.807, 2.05) is 30.3 Å². The number of benzene rings is 1. The zero-order valence-corrected chi connectivity index (χ0v) is 14.2. The number of likely N-dealkylation sites (N-methyl/N-ethyl adjacent to an activating group) is 1. The first-order chi connectivity index (χ1) is 11.5. The average Bonchev–Trinajstić information content (AvgIpc) is 2.61. The van der Waals surface area contributed by atoms with E-state index in [9.17, 15) is 14.4 Å². The Morgan fingerprint density at radius 2 is 1.96 bits per heavy atom. The highest BCUT2D eigenvalue weighted by Gasteiger charge is 2.33. The number of esters is 1. The molecule has 0 saturated carbocycles. The first kappa shape index (κ1) is 18.0. The number of rotatable bonds is 4. The van der Waals surface area contributed by atoms with Gasteiger partial charge in [0, 0.05) is 26.7 Å². The summed E-state index contributed by atoms with van der Waals surface area (Å²) in [6, 6.07) is 9.51. The largest absolute Gasteiger partial charge is 0.466 e. The summed E-state index contributed by atoms with van der Waals surface area (Å²) < 4.78 is 5.02. The molecular weight excluding hydrogens is 308 g/mol. The minimum atomic E-state index is -0.553. The molecule has 0 aromatic heterocycles. The topological polar surface area (TPSA) is 66.9 Å². The van der Waals surface area contributed by atoms with Crippen molar-refractivity contribution in [1.29, 1.82) is 0 Å². The van der Waals surface area contributed by atoms with Gasteiger partial charge in [0.05, 0.1) is 12.5 Å². The Bertz CT molecular complexity index is 588. The molecule has 0 bridgehead atoms. The fourth-order valence-corrected chi connectivity index (χ4v) is 2.84. The summed E-state index contributed by atoms with van der Waals surface area (Å²) in [6.07, 6.45) is 1.39. The molecule has 1 heterocycles. The third-order valence-electron chi connectivity index (χ3n) is 4.12. The van der Waals surface area contributed by atoms with Gasteiger partial charge in [-0.25, -0.2) is 0 Å². The van der Waals surface area contributed by atoms with E-state index < -0.39 is 11.8 Å². The number of hydrogen-bond donors (Lipinski definition) is 0. The lowest BCUT2D eigenvalue weighted by atomic mass is 9.98. The van der Waals surface area contributed by atoms with E-state index in [0.29, 0.717) is 32.5 Å². The molecular formula is C18H24N2O4. The van der Waals surface area contributed by atoms with Gasteiger partial charge in [0.2, 0.25) is 0 Å². The third kappa shape index (κ3) is 4.57. The van der Waals surface area contributed by atoms with Crippen molar-refractivity contribution in [3.8, 4) is 0 Å². The van der Waals surface area contributed by atoms with Crippen LogP contribution in [-0.2, 0) is 25.7 Å². The zero-order valence-electron chi connectivity index (χ0n) is 14.2. The number of hydrogen-bond acceptors (Lipinski definition) is 4. The second kappa shape index (κ2) is 8.47. The van der Waals surface area contributed by atoms with Crippen LogP contribution >= 0.6 is 0 Å². The maximum Gasteiger partial charge on any atom is 0.312 e. The van der Waals surface area contributed by atoms with Crippen LogP contribution in [0.2, 0.25) is 0 Å². The van der Waals surface area contributed by atoms with E-state index in [4.69, 9.17) is 4.74 Å². The highest BCUT2D eigenvalue weighted by atomic mass is 16.5. The van der Waals surface area contributed by atoms with Crippen LogP contribution in [-0.4, -0.2) is 54.3 Å². The van der Waals surface area contributed by atoms with Crippen molar-refractivity contribution in [2.45, 2.75) is 26.3 Å². The Kier molecular flexibility index (Phi) is 6.35. The number of nitrogens with zero attached hydrogens (tertiary/aromatic N) is 2. The van der Waals surface area contributed by atoms with Crippen LogP contribution < -0.4 is 0 Å². The first-order valence-electron chi connectivity index (χ1n) is 8.27. The normalized spacial score (nSPS) is 17.2. The van der Waals surface area contributed by atoms with Crippen molar-refractivity contribution in [3.63, 3.8) is 0 Å². The molecule has 1 fully saturated rings. The Labute approximate surface area is 142 Å². The summed E-state index contributed by atoms with van der Waals surface area (Å²) in [5.74, 6) is -1.74. The van der Waals surface area contributed by atoms with Crippen LogP contribution in [0.5, 0.6) is 0 Å². The Balaban J connectivity index is 1.94. The molecule has 1 atom stereocenters. The highest BCUT2D eigenvalue weighted by molar-refractivity contribution is 6.34. The SMILES string of the molecule is CCOC(=O)C1CCCN(C(=O)C(=O)N(C)Cc2ccccc2)C1. The summed E-state index contributed by atoms with van der Waals surface area (Å²) in [7, 11) is 1.61. The second-order valence-electron chi connectivity index (χ2n) is 5.99. The summed E-state index contributed by atoms with van der Waals surface area (Å²) in [5, 5.41) is 0. The van der Waals surface area contributed by atoms with Gasteiger partial charge in [-0.2, -0.15) is 0 Å². The fourth-order valence-electron chi connectivity index (χ4n) is 2.84. The molecule has 0 radical (unpaired) electrons. The van der Waals surface area contributed by atoms with E-state index >= 15 is 0 Å². The number of ether oxygens (including phenoxy) is 1. The lowest BCUT2D eigenvalue weighted by molar-refractivity contribution is -0.156. The van der Waals surface area contributed by atoms with Crippen LogP contribution in [0.4, 0.5) is 0 Å². The average molecular weight is 332 g/mol. The van der Waals surface area contributed by atoms with Gasteiger partial charge in [-0.1, -0.05) is 30.3 Å². The smallest absolute Gasteiger partial charge is 0.312 e. The molecule has 2 amide bonds. The van der Waals surface area contributed by atoms with Gasteiger partial charge in [0.25, 0.3) is 0 Å². The molecule has 130 valence electrons. The Morgan fingerprint density at radius 1 is 1.25 bits per heavy atom. The third-order valence-corrected chi connectivity index (χ3v) is 4.12. The Morgan fingerprint density at radius 3 is 2.62 bits per heavy atom. The van der Waals surface area contributed by atoms with Crippen molar-refractivity contribution in [2.75, 3.05) is 26.7 Å². The van der Waals surface area contributed by atoms with Crippen LogP contribution in [0.1, 0.15) is 25.3 Å². The molecule has 1 aliphatic heterocycles. The van der Waals surface area contributed by atoms with Gasteiger partial charge in [0.1, 0.15) is 0 Å². The zero-order chi connectivity index (χ0) is 17.5. The van der Waals surface area contributed by atoms with Crippen molar-refractivity contribution in [1.82, 2.24) is 9.80 Å². The van der Waals surface area contributed by atoms with Gasteiger partial charge >= 0.3 is 17.8 Å². The van der Waals surface area contributed by atoms with Crippen LogP contribution in [0, 0.1) is 5.92 Å². The van der Waals surface area contributed by atoms with Gasteiger partial charge in [-0.15, -0.1) is 0 Å². The molecule has 0 N–H and O–H groups in total. The van der Waals surface area contributed by atoms with Gasteiger partial charge in [-0.3, -0.25) is 14.4 Å². The molecule has 1 aromatic carbocycles. The molecule has 24 heavy (non-hydrogen) atoms. The minimum absolute atomic E-state index is 0.253.